The van der Waals surface area contributed by atoms with Crippen molar-refractivity contribution in [1.82, 2.24) is 14.7 Å². The predicted molar refractivity (Wildman–Crippen MR) is 122 cm³/mol. The number of carbonyl (C=O) groups excluding carboxylic acids is 2. The quantitative estimate of drug-likeness (QED) is 0.510. The minimum Gasteiger partial charge on any atom is -0.373 e. The Balaban J connectivity index is 1.27. The van der Waals surface area contributed by atoms with Crippen LogP contribution in [0.2, 0.25) is 0 Å². The van der Waals surface area contributed by atoms with E-state index in [1.807, 2.05) is 36.1 Å². The third kappa shape index (κ3) is 5.55. The largest absolute Gasteiger partial charge is 0.373 e. The van der Waals surface area contributed by atoms with Crippen LogP contribution in [0.5, 0.6) is 0 Å². The summed E-state index contributed by atoms with van der Waals surface area (Å²) < 4.78 is 5.90. The molecule has 9 heteroatoms. The van der Waals surface area contributed by atoms with E-state index >= 15 is 0 Å². The molecule has 2 aromatic carbocycles. The van der Waals surface area contributed by atoms with Crippen LogP contribution in [0.4, 0.5) is 5.69 Å². The van der Waals surface area contributed by atoms with Crippen molar-refractivity contribution in [2.45, 2.75) is 13.0 Å². The fourth-order valence-electron chi connectivity index (χ4n) is 4.22. The van der Waals surface area contributed by atoms with Gasteiger partial charge >= 0.3 is 0 Å². The SMILES string of the molecule is Cc1ccc(C(=O)N2CCN(CC3CN(C(=O)c4ccc([N+](=O)[O-])cc4)CCO3)CC2)cc1. The molecule has 1 unspecified atom stereocenters. The van der Waals surface area contributed by atoms with E-state index in [1.165, 1.54) is 24.3 Å². The molecule has 174 valence electrons. The van der Waals surface area contributed by atoms with Gasteiger partial charge in [0, 0.05) is 69.1 Å². The molecule has 0 radical (unpaired) electrons. The monoisotopic (exact) mass is 452 g/mol. The number of nitro benzene ring substituents is 1. The Hall–Kier alpha value is -3.30. The number of morpholine rings is 1. The van der Waals surface area contributed by atoms with Gasteiger partial charge < -0.3 is 14.5 Å². The van der Waals surface area contributed by atoms with Gasteiger partial charge in [-0.2, -0.15) is 0 Å². The molecule has 33 heavy (non-hydrogen) atoms. The zero-order valence-corrected chi connectivity index (χ0v) is 18.7. The van der Waals surface area contributed by atoms with Crippen molar-refractivity contribution in [3.8, 4) is 0 Å². The lowest BCUT2D eigenvalue weighted by molar-refractivity contribution is -0.384. The van der Waals surface area contributed by atoms with Crippen LogP contribution in [-0.2, 0) is 4.74 Å². The summed E-state index contributed by atoms with van der Waals surface area (Å²) in [4.78, 5) is 41.8. The van der Waals surface area contributed by atoms with Gasteiger partial charge in [0.1, 0.15) is 0 Å². The second kappa shape index (κ2) is 10.1. The van der Waals surface area contributed by atoms with Gasteiger partial charge in [-0.1, -0.05) is 17.7 Å². The van der Waals surface area contributed by atoms with Crippen molar-refractivity contribution in [3.05, 3.63) is 75.3 Å². The molecule has 0 spiro atoms. The van der Waals surface area contributed by atoms with E-state index in [1.54, 1.807) is 4.90 Å². The van der Waals surface area contributed by atoms with Crippen molar-refractivity contribution in [1.29, 1.82) is 0 Å². The van der Waals surface area contributed by atoms with Gasteiger partial charge in [0.15, 0.2) is 0 Å². The van der Waals surface area contributed by atoms with E-state index in [0.717, 1.165) is 18.7 Å². The van der Waals surface area contributed by atoms with Crippen LogP contribution >= 0.6 is 0 Å². The summed E-state index contributed by atoms with van der Waals surface area (Å²) in [6.07, 6.45) is -0.111. The number of piperazine rings is 1. The molecule has 2 heterocycles. The van der Waals surface area contributed by atoms with Gasteiger partial charge in [-0.15, -0.1) is 0 Å². The minimum absolute atomic E-state index is 0.0357. The van der Waals surface area contributed by atoms with E-state index < -0.39 is 4.92 Å². The predicted octanol–water partition coefficient (Wildman–Crippen LogP) is 2.20. The van der Waals surface area contributed by atoms with Crippen molar-refractivity contribution < 1.29 is 19.2 Å². The van der Waals surface area contributed by atoms with Gasteiger partial charge in [0.05, 0.1) is 17.6 Å². The Bertz CT molecular complexity index is 1000. The molecular formula is C24H28N4O5. The highest BCUT2D eigenvalue weighted by Gasteiger charge is 2.29. The Labute approximate surface area is 192 Å². The summed E-state index contributed by atoms with van der Waals surface area (Å²) in [6.45, 7) is 6.94. The lowest BCUT2D eigenvalue weighted by Gasteiger charge is -2.39. The summed E-state index contributed by atoms with van der Waals surface area (Å²) in [5.74, 6) is -0.0878. The number of aryl methyl sites for hydroxylation is 1. The fourth-order valence-corrected chi connectivity index (χ4v) is 4.22. The van der Waals surface area contributed by atoms with Gasteiger partial charge in [-0.25, -0.2) is 0 Å². The Morgan fingerprint density at radius 3 is 2.09 bits per heavy atom. The van der Waals surface area contributed by atoms with E-state index in [0.29, 0.717) is 50.5 Å². The third-order valence-corrected chi connectivity index (χ3v) is 6.17. The first-order chi connectivity index (χ1) is 15.9. The molecular weight excluding hydrogens is 424 g/mol. The van der Waals surface area contributed by atoms with Gasteiger partial charge in [-0.05, 0) is 31.2 Å². The van der Waals surface area contributed by atoms with E-state index in [9.17, 15) is 19.7 Å². The van der Waals surface area contributed by atoms with Gasteiger partial charge in [0.2, 0.25) is 0 Å². The van der Waals surface area contributed by atoms with Crippen LogP contribution in [0.25, 0.3) is 0 Å². The average molecular weight is 453 g/mol. The molecule has 0 aliphatic carbocycles. The Morgan fingerprint density at radius 2 is 1.48 bits per heavy atom. The van der Waals surface area contributed by atoms with Crippen LogP contribution in [0.3, 0.4) is 0 Å². The number of carbonyl (C=O) groups is 2. The highest BCUT2D eigenvalue weighted by molar-refractivity contribution is 5.95. The van der Waals surface area contributed by atoms with Crippen LogP contribution in [0.1, 0.15) is 26.3 Å². The standard InChI is InChI=1S/C24H28N4O5/c1-18-2-4-19(5-3-18)23(29)26-12-10-25(11-13-26)16-22-17-27(14-15-33-22)24(30)20-6-8-21(9-7-20)28(31)32/h2-9,22H,10-17H2,1H3. The smallest absolute Gasteiger partial charge is 0.269 e. The molecule has 2 fully saturated rings. The lowest BCUT2D eigenvalue weighted by Crippen LogP contribution is -2.54. The number of amides is 2. The van der Waals surface area contributed by atoms with E-state index in [-0.39, 0.29) is 23.6 Å². The average Bonchev–Trinajstić information content (AvgIpc) is 2.84. The molecule has 9 nitrogen and oxygen atoms in total. The number of hydrogen-bond donors (Lipinski definition) is 0. The summed E-state index contributed by atoms with van der Waals surface area (Å²) in [5.41, 5.74) is 2.24. The number of non-ortho nitro benzene ring substituents is 1. The molecule has 1 atom stereocenters. The second-order valence-electron chi connectivity index (χ2n) is 8.51. The van der Waals surface area contributed by atoms with Crippen molar-refractivity contribution >= 4 is 17.5 Å². The third-order valence-electron chi connectivity index (χ3n) is 6.17. The molecule has 2 saturated heterocycles. The lowest BCUT2D eigenvalue weighted by atomic mass is 10.1. The van der Waals surface area contributed by atoms with E-state index in [2.05, 4.69) is 4.90 Å². The highest BCUT2D eigenvalue weighted by atomic mass is 16.6. The van der Waals surface area contributed by atoms with Crippen molar-refractivity contribution in [3.63, 3.8) is 0 Å². The number of ether oxygens (including phenoxy) is 1. The highest BCUT2D eigenvalue weighted by Crippen LogP contribution is 2.17. The van der Waals surface area contributed by atoms with Crippen molar-refractivity contribution in [2.75, 3.05) is 52.4 Å². The number of nitrogens with zero attached hydrogens (tertiary/aromatic N) is 4. The maximum absolute atomic E-state index is 12.8. The number of nitro groups is 1. The Morgan fingerprint density at radius 1 is 0.909 bits per heavy atom. The van der Waals surface area contributed by atoms with Gasteiger partial charge in [-0.3, -0.25) is 24.6 Å². The molecule has 2 aliphatic heterocycles. The number of rotatable bonds is 5. The zero-order chi connectivity index (χ0) is 23.4. The first-order valence-corrected chi connectivity index (χ1v) is 11.1. The number of benzene rings is 2. The molecule has 0 aromatic heterocycles. The Kier molecular flexibility index (Phi) is 7.00. The summed E-state index contributed by atoms with van der Waals surface area (Å²) >= 11 is 0. The summed E-state index contributed by atoms with van der Waals surface area (Å²) in [6, 6.07) is 13.3. The van der Waals surface area contributed by atoms with Gasteiger partial charge in [0.25, 0.3) is 17.5 Å². The molecule has 2 aromatic rings. The zero-order valence-electron chi connectivity index (χ0n) is 18.7. The maximum Gasteiger partial charge on any atom is 0.269 e. The summed E-state index contributed by atoms with van der Waals surface area (Å²) in [5, 5.41) is 10.8. The molecule has 0 saturated carbocycles. The number of hydrogen-bond acceptors (Lipinski definition) is 6. The maximum atomic E-state index is 12.8. The van der Waals surface area contributed by atoms with Crippen LogP contribution in [-0.4, -0.2) is 90.0 Å². The minimum atomic E-state index is -0.479. The van der Waals surface area contributed by atoms with Crippen LogP contribution in [0, 0.1) is 17.0 Å². The molecule has 0 bridgehead atoms. The molecule has 2 amide bonds. The van der Waals surface area contributed by atoms with Crippen molar-refractivity contribution in [2.24, 2.45) is 0 Å². The second-order valence-corrected chi connectivity index (χ2v) is 8.51. The molecule has 4 rings (SSSR count). The fraction of sp³-hybridized carbons (Fsp3) is 0.417. The van der Waals surface area contributed by atoms with E-state index in [4.69, 9.17) is 4.74 Å². The first kappa shape index (κ1) is 22.9. The first-order valence-electron chi connectivity index (χ1n) is 11.1. The van der Waals surface area contributed by atoms with Crippen LogP contribution in [0.15, 0.2) is 48.5 Å². The normalized spacial score (nSPS) is 19.4. The van der Waals surface area contributed by atoms with Crippen LogP contribution < -0.4 is 0 Å². The molecule has 2 aliphatic rings. The topological polar surface area (TPSA) is 96.2 Å². The molecule has 0 N–H and O–H groups in total. The summed E-state index contributed by atoms with van der Waals surface area (Å²) in [7, 11) is 0.